The lowest BCUT2D eigenvalue weighted by Gasteiger charge is -2.23. The van der Waals surface area contributed by atoms with Crippen LogP contribution in [0.4, 0.5) is 0 Å². The second-order valence-corrected chi connectivity index (χ2v) is 13.1. The first-order valence-corrected chi connectivity index (χ1v) is 15.8. The zero-order valence-corrected chi connectivity index (χ0v) is 25.0. The zero-order chi connectivity index (χ0) is 29.6. The van der Waals surface area contributed by atoms with Crippen LogP contribution in [0.3, 0.4) is 0 Å². The second kappa shape index (κ2) is 7.88. The van der Waals surface area contributed by atoms with E-state index in [-0.39, 0.29) is 5.41 Å². The molecule has 0 fully saturated rings. The number of fused-ring (bicyclic) bond motifs is 15. The topological polar surface area (TPSA) is 22.2 Å². The highest BCUT2D eigenvalue weighted by Crippen LogP contribution is 2.55. The lowest BCUT2D eigenvalue weighted by Crippen LogP contribution is -2.19. The molecule has 6 aromatic carbocycles. The van der Waals surface area contributed by atoms with Gasteiger partial charge in [0, 0.05) is 27.4 Å². The molecule has 3 aromatic heterocycles. The number of aromatic nitrogens is 3. The molecule has 0 atom stereocenters. The van der Waals surface area contributed by atoms with Crippen LogP contribution < -0.4 is 0 Å². The van der Waals surface area contributed by atoms with Gasteiger partial charge in [0.05, 0.1) is 33.1 Å². The van der Waals surface area contributed by atoms with E-state index in [0.717, 1.165) is 16.7 Å². The van der Waals surface area contributed by atoms with Gasteiger partial charge in [-0.05, 0) is 63.0 Å². The molecule has 3 heterocycles. The van der Waals surface area contributed by atoms with Crippen molar-refractivity contribution in [2.45, 2.75) is 19.3 Å². The number of imidazole rings is 1. The molecule has 3 heteroatoms. The first-order chi connectivity index (χ1) is 22.1. The van der Waals surface area contributed by atoms with Crippen molar-refractivity contribution in [2.24, 2.45) is 0 Å². The Hall–Kier alpha value is -5.67. The maximum absolute atomic E-state index is 5.38. The van der Waals surface area contributed by atoms with Crippen LogP contribution >= 0.6 is 0 Å². The minimum atomic E-state index is -0.215. The Morgan fingerprint density at radius 1 is 0.533 bits per heavy atom. The fraction of sp³-hybridized carbons (Fsp3) is 0.0714. The predicted molar refractivity (Wildman–Crippen MR) is 187 cm³/mol. The van der Waals surface area contributed by atoms with E-state index in [1.165, 1.54) is 82.9 Å². The molecule has 3 nitrogen and oxygen atoms in total. The van der Waals surface area contributed by atoms with Crippen LogP contribution in [0.5, 0.6) is 0 Å². The summed E-state index contributed by atoms with van der Waals surface area (Å²) in [5.41, 5.74) is 17.2. The quantitative estimate of drug-likeness (QED) is 0.191. The zero-order valence-electron chi connectivity index (χ0n) is 25.0. The van der Waals surface area contributed by atoms with E-state index in [1.54, 1.807) is 0 Å². The highest BCUT2D eigenvalue weighted by molar-refractivity contribution is 6.23. The van der Waals surface area contributed by atoms with Crippen LogP contribution in [0.15, 0.2) is 127 Å². The highest BCUT2D eigenvalue weighted by Gasteiger charge is 2.41. The molecule has 0 saturated carbocycles. The van der Waals surface area contributed by atoms with E-state index < -0.39 is 0 Å². The van der Waals surface area contributed by atoms with Crippen LogP contribution in [-0.2, 0) is 5.41 Å². The molecular weight excluding hydrogens is 546 g/mol. The Morgan fingerprint density at radius 3 is 2.02 bits per heavy atom. The van der Waals surface area contributed by atoms with E-state index in [9.17, 15) is 0 Å². The summed E-state index contributed by atoms with van der Waals surface area (Å²) < 4.78 is 5.01. The lowest BCUT2D eigenvalue weighted by atomic mass is 9.85. The number of para-hydroxylation sites is 3. The highest BCUT2D eigenvalue weighted by atomic mass is 15.1. The average Bonchev–Trinajstić information content (AvgIpc) is 3.78. The second-order valence-electron chi connectivity index (χ2n) is 13.1. The fourth-order valence-corrected chi connectivity index (χ4v) is 8.81. The summed E-state index contributed by atoms with van der Waals surface area (Å²) in [4.78, 5) is 5.38. The van der Waals surface area contributed by atoms with Crippen molar-refractivity contribution in [3.8, 4) is 39.1 Å². The van der Waals surface area contributed by atoms with E-state index in [4.69, 9.17) is 4.98 Å². The third-order valence-corrected chi connectivity index (χ3v) is 10.6. The molecule has 0 spiro atoms. The molecular formula is C42H27N3. The normalized spacial score (nSPS) is 14.2. The van der Waals surface area contributed by atoms with Gasteiger partial charge in [-0.15, -0.1) is 0 Å². The molecule has 2 aliphatic rings. The average molecular weight is 574 g/mol. The van der Waals surface area contributed by atoms with E-state index in [2.05, 4.69) is 150 Å². The van der Waals surface area contributed by atoms with Gasteiger partial charge in [-0.2, -0.15) is 0 Å². The maximum atomic E-state index is 5.38. The van der Waals surface area contributed by atoms with Gasteiger partial charge in [-0.3, -0.25) is 4.40 Å². The molecule has 0 unspecified atom stereocenters. The van der Waals surface area contributed by atoms with Crippen LogP contribution in [0.2, 0.25) is 0 Å². The summed E-state index contributed by atoms with van der Waals surface area (Å²) in [6.45, 7) is 4.75. The number of nitrogens with zero attached hydrogens (tertiary/aromatic N) is 3. The third-order valence-electron chi connectivity index (χ3n) is 10.6. The van der Waals surface area contributed by atoms with Gasteiger partial charge in [0.25, 0.3) is 0 Å². The molecule has 210 valence electrons. The molecule has 0 bridgehead atoms. The molecule has 11 rings (SSSR count). The number of benzene rings is 6. The van der Waals surface area contributed by atoms with Crippen molar-refractivity contribution < 1.29 is 0 Å². The first-order valence-electron chi connectivity index (χ1n) is 15.8. The van der Waals surface area contributed by atoms with Gasteiger partial charge in [0.15, 0.2) is 0 Å². The molecule has 0 amide bonds. The summed E-state index contributed by atoms with van der Waals surface area (Å²) in [7, 11) is 0. The van der Waals surface area contributed by atoms with E-state index in [0.29, 0.717) is 0 Å². The van der Waals surface area contributed by atoms with Gasteiger partial charge in [-0.25, -0.2) is 4.98 Å². The van der Waals surface area contributed by atoms with Crippen molar-refractivity contribution >= 4 is 49.3 Å². The van der Waals surface area contributed by atoms with Crippen molar-refractivity contribution in [2.75, 3.05) is 0 Å². The summed E-state index contributed by atoms with van der Waals surface area (Å²) in [5, 5.41) is 5.05. The molecule has 2 aliphatic carbocycles. The third kappa shape index (κ3) is 2.68. The Morgan fingerprint density at radius 2 is 1.18 bits per heavy atom. The van der Waals surface area contributed by atoms with Crippen LogP contribution in [0.25, 0.3) is 88.3 Å². The van der Waals surface area contributed by atoms with Gasteiger partial charge in [0.1, 0.15) is 5.65 Å². The first kappa shape index (κ1) is 23.7. The number of pyridine rings is 1. The SMILES string of the molecule is CC1(C)c2ccccc2-c2c1n1c3ccccc3nc1c1c3ccccc3n(-c3ccc4c5c(cccc35)-c3ccccc3-4)c21. The van der Waals surface area contributed by atoms with Gasteiger partial charge in [-0.1, -0.05) is 117 Å². The summed E-state index contributed by atoms with van der Waals surface area (Å²) in [6.07, 6.45) is 0. The smallest absolute Gasteiger partial charge is 0.148 e. The molecule has 0 radical (unpaired) electrons. The number of hydrogen-bond donors (Lipinski definition) is 0. The maximum Gasteiger partial charge on any atom is 0.148 e. The predicted octanol–water partition coefficient (Wildman–Crippen LogP) is 10.7. The van der Waals surface area contributed by atoms with Gasteiger partial charge < -0.3 is 4.57 Å². The number of rotatable bonds is 1. The van der Waals surface area contributed by atoms with Crippen molar-refractivity contribution in [1.29, 1.82) is 0 Å². The van der Waals surface area contributed by atoms with E-state index >= 15 is 0 Å². The standard InChI is InChI=1S/C42H27N3/c1-42(2)31-18-7-5-14-28(31)37-39-38(41-43-32-19-8-10-21-35(32)45(41)40(37)42)30-15-6-9-20-33(30)44(39)34-23-22-27-25-13-4-3-12-24(25)26-16-11-17-29(34)36(26)27/h3-23H,1-2H3. The van der Waals surface area contributed by atoms with Gasteiger partial charge >= 0.3 is 0 Å². The van der Waals surface area contributed by atoms with Crippen LogP contribution in [0.1, 0.15) is 25.1 Å². The molecule has 9 aromatic rings. The van der Waals surface area contributed by atoms with Crippen molar-refractivity contribution in [3.63, 3.8) is 0 Å². The van der Waals surface area contributed by atoms with Crippen LogP contribution in [0, 0.1) is 0 Å². The van der Waals surface area contributed by atoms with E-state index in [1.807, 2.05) is 0 Å². The minimum absolute atomic E-state index is 0.215. The lowest BCUT2D eigenvalue weighted by molar-refractivity contribution is 0.631. The summed E-state index contributed by atoms with van der Waals surface area (Å²) in [5.74, 6) is 0. The summed E-state index contributed by atoms with van der Waals surface area (Å²) >= 11 is 0. The molecule has 0 saturated heterocycles. The Balaban J connectivity index is 1.41. The summed E-state index contributed by atoms with van der Waals surface area (Å²) in [6, 6.07) is 46.8. The van der Waals surface area contributed by atoms with Gasteiger partial charge in [0.2, 0.25) is 0 Å². The molecule has 0 aliphatic heterocycles. The molecule has 0 N–H and O–H groups in total. The van der Waals surface area contributed by atoms with Crippen molar-refractivity contribution in [3.05, 3.63) is 139 Å². The monoisotopic (exact) mass is 573 g/mol. The fourth-order valence-electron chi connectivity index (χ4n) is 8.81. The van der Waals surface area contributed by atoms with Crippen molar-refractivity contribution in [1.82, 2.24) is 14.0 Å². The minimum Gasteiger partial charge on any atom is -0.308 e. The largest absolute Gasteiger partial charge is 0.308 e. The Kier molecular flexibility index (Phi) is 4.16. The Labute approximate surface area is 259 Å². The Bertz CT molecular complexity index is 2760. The number of hydrogen-bond acceptors (Lipinski definition) is 1. The van der Waals surface area contributed by atoms with Crippen LogP contribution in [-0.4, -0.2) is 14.0 Å². The molecule has 45 heavy (non-hydrogen) atoms.